The minimum Gasteiger partial charge on any atom is -0.451 e. The van der Waals surface area contributed by atoms with Crippen LogP contribution in [0.5, 0.6) is 11.5 Å². The zero-order valence-corrected chi connectivity index (χ0v) is 13.8. The summed E-state index contributed by atoms with van der Waals surface area (Å²) >= 11 is 0. The molecule has 6 heteroatoms. The SMILES string of the molecule is C#Cc1cc(Oc2cnc(N)nc2NC(C)C)c(C(C)C)cn1. The van der Waals surface area contributed by atoms with Crippen LogP contribution in [0.25, 0.3) is 0 Å². The van der Waals surface area contributed by atoms with Gasteiger partial charge in [-0.3, -0.25) is 0 Å². The molecule has 0 aliphatic heterocycles. The molecule has 0 radical (unpaired) electrons. The zero-order chi connectivity index (χ0) is 17.0. The minimum atomic E-state index is 0.176. The lowest BCUT2D eigenvalue weighted by atomic mass is 10.0. The zero-order valence-electron chi connectivity index (χ0n) is 13.8. The van der Waals surface area contributed by atoms with Gasteiger partial charge in [-0.1, -0.05) is 19.8 Å². The highest BCUT2D eigenvalue weighted by Gasteiger charge is 2.15. The summed E-state index contributed by atoms with van der Waals surface area (Å²) in [6, 6.07) is 1.92. The molecule has 0 fully saturated rings. The maximum Gasteiger partial charge on any atom is 0.222 e. The molecule has 0 saturated heterocycles. The molecular weight excluding hydrogens is 290 g/mol. The number of hydrogen-bond donors (Lipinski definition) is 2. The number of ether oxygens (including phenoxy) is 1. The number of nitrogens with one attached hydrogen (secondary N) is 1. The van der Waals surface area contributed by atoms with Gasteiger partial charge in [0.2, 0.25) is 5.95 Å². The molecule has 120 valence electrons. The topological polar surface area (TPSA) is 86.0 Å². The van der Waals surface area contributed by atoms with E-state index in [-0.39, 0.29) is 17.9 Å². The number of nitrogens with zero attached hydrogens (tertiary/aromatic N) is 3. The van der Waals surface area contributed by atoms with Gasteiger partial charge in [0, 0.05) is 23.9 Å². The summed E-state index contributed by atoms with van der Waals surface area (Å²) < 4.78 is 6.02. The second-order valence-corrected chi connectivity index (χ2v) is 5.75. The third-order valence-electron chi connectivity index (χ3n) is 3.08. The van der Waals surface area contributed by atoms with E-state index in [4.69, 9.17) is 16.9 Å². The molecule has 2 heterocycles. The lowest BCUT2D eigenvalue weighted by Gasteiger charge is -2.17. The van der Waals surface area contributed by atoms with Crippen molar-refractivity contribution in [3.63, 3.8) is 0 Å². The van der Waals surface area contributed by atoms with Gasteiger partial charge in [-0.25, -0.2) is 9.97 Å². The van der Waals surface area contributed by atoms with Gasteiger partial charge in [-0.15, -0.1) is 6.42 Å². The van der Waals surface area contributed by atoms with Crippen LogP contribution in [0.4, 0.5) is 11.8 Å². The first-order valence-corrected chi connectivity index (χ1v) is 7.44. The number of nitrogens with two attached hydrogens (primary N) is 1. The van der Waals surface area contributed by atoms with E-state index in [9.17, 15) is 0 Å². The van der Waals surface area contributed by atoms with Gasteiger partial charge in [-0.2, -0.15) is 4.98 Å². The van der Waals surface area contributed by atoms with Crippen molar-refractivity contribution in [1.82, 2.24) is 15.0 Å². The summed E-state index contributed by atoms with van der Waals surface area (Å²) in [4.78, 5) is 12.4. The highest BCUT2D eigenvalue weighted by Crippen LogP contribution is 2.33. The van der Waals surface area contributed by atoms with Crippen molar-refractivity contribution in [3.8, 4) is 23.8 Å². The van der Waals surface area contributed by atoms with Gasteiger partial charge in [0.25, 0.3) is 0 Å². The van der Waals surface area contributed by atoms with E-state index in [1.807, 2.05) is 13.8 Å². The highest BCUT2D eigenvalue weighted by atomic mass is 16.5. The number of pyridine rings is 1. The Hall–Kier alpha value is -2.81. The Labute approximate surface area is 136 Å². The number of anilines is 2. The number of aromatic nitrogens is 3. The molecule has 2 aromatic rings. The van der Waals surface area contributed by atoms with Crippen LogP contribution in [0.15, 0.2) is 18.5 Å². The lowest BCUT2D eigenvalue weighted by molar-refractivity contribution is 0.468. The van der Waals surface area contributed by atoms with Crippen LogP contribution in [0.3, 0.4) is 0 Å². The fourth-order valence-electron chi connectivity index (χ4n) is 2.00. The van der Waals surface area contributed by atoms with Crippen molar-refractivity contribution in [2.75, 3.05) is 11.1 Å². The molecule has 0 saturated carbocycles. The average Bonchev–Trinajstić information content (AvgIpc) is 2.49. The summed E-state index contributed by atoms with van der Waals surface area (Å²) in [6.45, 7) is 8.13. The molecule has 23 heavy (non-hydrogen) atoms. The predicted octanol–water partition coefficient (Wildman–Crippen LogP) is 3.17. The number of nitrogen functional groups attached to an aromatic ring is 1. The highest BCUT2D eigenvalue weighted by molar-refractivity contribution is 5.54. The Morgan fingerprint density at radius 1 is 1.17 bits per heavy atom. The second kappa shape index (κ2) is 6.97. The molecule has 2 rings (SSSR count). The van der Waals surface area contributed by atoms with Crippen molar-refractivity contribution in [3.05, 3.63) is 29.7 Å². The molecule has 0 amide bonds. The Morgan fingerprint density at radius 3 is 2.52 bits per heavy atom. The van der Waals surface area contributed by atoms with Gasteiger partial charge in [0.1, 0.15) is 11.4 Å². The first-order valence-electron chi connectivity index (χ1n) is 7.44. The second-order valence-electron chi connectivity index (χ2n) is 5.75. The third-order valence-corrected chi connectivity index (χ3v) is 3.08. The van der Waals surface area contributed by atoms with Crippen LogP contribution >= 0.6 is 0 Å². The van der Waals surface area contributed by atoms with Crippen LogP contribution in [-0.4, -0.2) is 21.0 Å². The number of terminal acetylenes is 1. The number of rotatable bonds is 5. The summed E-state index contributed by atoms with van der Waals surface area (Å²) in [5, 5.41) is 3.20. The van der Waals surface area contributed by atoms with Crippen LogP contribution in [0.1, 0.15) is 44.9 Å². The Bertz CT molecular complexity index is 734. The first-order chi connectivity index (χ1) is 10.9. The molecular formula is C17H21N5O. The van der Waals surface area contributed by atoms with E-state index in [2.05, 4.69) is 40.0 Å². The Balaban J connectivity index is 2.44. The summed E-state index contributed by atoms with van der Waals surface area (Å²) in [5.74, 6) is 4.61. The van der Waals surface area contributed by atoms with Crippen molar-refractivity contribution in [2.45, 2.75) is 39.7 Å². The molecule has 0 bridgehead atoms. The standard InChI is InChI=1S/C17H21N5O/c1-6-12-7-14(13(8-19-12)10(2)3)23-15-9-20-17(18)22-16(15)21-11(4)5/h1,7-11H,2-5H3,(H3,18,20,21,22). The van der Waals surface area contributed by atoms with Crippen LogP contribution in [0, 0.1) is 12.3 Å². The van der Waals surface area contributed by atoms with Gasteiger partial charge in [-0.05, 0) is 19.8 Å². The molecule has 0 atom stereocenters. The summed E-state index contributed by atoms with van der Waals surface area (Å²) in [6.07, 6.45) is 8.72. The number of hydrogen-bond acceptors (Lipinski definition) is 6. The van der Waals surface area contributed by atoms with E-state index in [1.165, 1.54) is 0 Å². The maximum atomic E-state index is 6.02. The fourth-order valence-corrected chi connectivity index (χ4v) is 2.00. The molecule has 0 aromatic carbocycles. The maximum absolute atomic E-state index is 6.02. The lowest BCUT2D eigenvalue weighted by Crippen LogP contribution is -2.13. The van der Waals surface area contributed by atoms with Crippen molar-refractivity contribution >= 4 is 11.8 Å². The fraction of sp³-hybridized carbons (Fsp3) is 0.353. The van der Waals surface area contributed by atoms with Gasteiger partial charge >= 0.3 is 0 Å². The first kappa shape index (κ1) is 16.6. The Kier molecular flexibility index (Phi) is 5.02. The average molecular weight is 311 g/mol. The van der Waals surface area contributed by atoms with Crippen LogP contribution in [-0.2, 0) is 0 Å². The van der Waals surface area contributed by atoms with Gasteiger partial charge in [0.05, 0.1) is 6.20 Å². The summed E-state index contributed by atoms with van der Waals surface area (Å²) in [5.41, 5.74) is 7.13. The van der Waals surface area contributed by atoms with Crippen LogP contribution < -0.4 is 15.8 Å². The van der Waals surface area contributed by atoms with E-state index in [0.717, 1.165) is 5.56 Å². The Morgan fingerprint density at radius 2 is 1.91 bits per heavy atom. The van der Waals surface area contributed by atoms with Gasteiger partial charge < -0.3 is 15.8 Å². The van der Waals surface area contributed by atoms with Crippen molar-refractivity contribution in [1.29, 1.82) is 0 Å². The molecule has 0 aliphatic carbocycles. The molecule has 2 aromatic heterocycles. The molecule has 0 spiro atoms. The van der Waals surface area contributed by atoms with E-state index in [1.54, 1.807) is 18.5 Å². The normalized spacial score (nSPS) is 10.7. The molecule has 6 nitrogen and oxygen atoms in total. The third kappa shape index (κ3) is 4.10. The van der Waals surface area contributed by atoms with Crippen LogP contribution in [0.2, 0.25) is 0 Å². The molecule has 3 N–H and O–H groups in total. The molecule has 0 aliphatic rings. The largest absolute Gasteiger partial charge is 0.451 e. The molecule has 0 unspecified atom stereocenters. The monoisotopic (exact) mass is 311 g/mol. The summed E-state index contributed by atoms with van der Waals surface area (Å²) in [7, 11) is 0. The minimum absolute atomic E-state index is 0.176. The van der Waals surface area contributed by atoms with Crippen molar-refractivity contribution in [2.24, 2.45) is 0 Å². The van der Waals surface area contributed by atoms with Gasteiger partial charge in [0.15, 0.2) is 11.6 Å². The van der Waals surface area contributed by atoms with E-state index in [0.29, 0.717) is 23.0 Å². The smallest absolute Gasteiger partial charge is 0.222 e. The quantitative estimate of drug-likeness (QED) is 0.825. The van der Waals surface area contributed by atoms with Crippen molar-refractivity contribution < 1.29 is 4.74 Å². The van der Waals surface area contributed by atoms with E-state index < -0.39 is 0 Å². The predicted molar refractivity (Wildman–Crippen MR) is 91.5 cm³/mol. The van der Waals surface area contributed by atoms with E-state index >= 15 is 0 Å².